The number of rotatable bonds is 22. The SMILES string of the molecule is CCCCCCCCCCCCCCCC(CCC[Si](OC)(OC)OC)[N+](C)(C)C.[Cl-]. The Hall–Kier alpha value is 0.347. The number of hydrogen-bond acceptors (Lipinski definition) is 3. The monoisotopic (exact) mass is 481 g/mol. The molecule has 0 saturated heterocycles. The molecule has 0 aromatic heterocycles. The molecule has 4 nitrogen and oxygen atoms in total. The first kappa shape index (κ1) is 33.5. The summed E-state index contributed by atoms with van der Waals surface area (Å²) in [6.45, 7) is 2.29. The van der Waals surface area contributed by atoms with Gasteiger partial charge in [-0.15, -0.1) is 0 Å². The second-order valence-electron chi connectivity index (χ2n) is 9.99. The first-order valence-corrected chi connectivity index (χ1v) is 14.7. The van der Waals surface area contributed by atoms with Crippen LogP contribution in [0.5, 0.6) is 0 Å². The van der Waals surface area contributed by atoms with Crippen molar-refractivity contribution in [1.29, 1.82) is 0 Å². The van der Waals surface area contributed by atoms with Crippen molar-refractivity contribution >= 4 is 8.80 Å². The van der Waals surface area contributed by atoms with Gasteiger partial charge >= 0.3 is 8.80 Å². The van der Waals surface area contributed by atoms with Crippen LogP contribution in [0, 0.1) is 0 Å². The Balaban J connectivity index is 0. The van der Waals surface area contributed by atoms with E-state index in [1.165, 1.54) is 96.3 Å². The zero-order valence-corrected chi connectivity index (χ0v) is 23.9. The maximum absolute atomic E-state index is 5.58. The van der Waals surface area contributed by atoms with E-state index in [0.29, 0.717) is 6.04 Å². The van der Waals surface area contributed by atoms with E-state index >= 15 is 0 Å². The summed E-state index contributed by atoms with van der Waals surface area (Å²) in [5.41, 5.74) is 0. The lowest BCUT2D eigenvalue weighted by Crippen LogP contribution is -3.00. The third-order valence-corrected chi connectivity index (χ3v) is 9.52. The Morgan fingerprint density at radius 3 is 1.29 bits per heavy atom. The van der Waals surface area contributed by atoms with E-state index in [0.717, 1.165) is 16.9 Å². The molecule has 0 bridgehead atoms. The van der Waals surface area contributed by atoms with Gasteiger partial charge in [-0.3, -0.25) is 0 Å². The van der Waals surface area contributed by atoms with E-state index in [9.17, 15) is 0 Å². The standard InChI is InChI=1S/C25H56NO3Si.ClH/c1-8-9-10-11-12-13-14-15-16-17-18-19-20-22-25(26(2,3)4)23-21-24-30(27-5,28-6)29-7;/h25H,8-24H2,1-7H3;1H/q+1;/p-1. The highest BCUT2D eigenvalue weighted by Gasteiger charge is 2.37. The van der Waals surface area contributed by atoms with Crippen LogP contribution in [0.25, 0.3) is 0 Å². The van der Waals surface area contributed by atoms with Crippen molar-refractivity contribution in [1.82, 2.24) is 0 Å². The van der Waals surface area contributed by atoms with E-state index in [1.807, 2.05) is 0 Å². The Bertz CT molecular complexity index is 368. The number of nitrogens with zero attached hydrogens (tertiary/aromatic N) is 1. The van der Waals surface area contributed by atoms with Gasteiger partial charge in [0.15, 0.2) is 0 Å². The second kappa shape index (κ2) is 20.9. The topological polar surface area (TPSA) is 27.7 Å². The number of halogens is 1. The van der Waals surface area contributed by atoms with E-state index < -0.39 is 8.80 Å². The van der Waals surface area contributed by atoms with E-state index in [2.05, 4.69) is 28.1 Å². The largest absolute Gasteiger partial charge is 1.00 e. The lowest BCUT2D eigenvalue weighted by Gasteiger charge is -2.35. The van der Waals surface area contributed by atoms with Gasteiger partial charge in [0.2, 0.25) is 0 Å². The van der Waals surface area contributed by atoms with Crippen molar-refractivity contribution < 1.29 is 30.2 Å². The van der Waals surface area contributed by atoms with E-state index in [-0.39, 0.29) is 12.4 Å². The first-order valence-electron chi connectivity index (χ1n) is 12.8. The minimum Gasteiger partial charge on any atom is -1.00 e. The Morgan fingerprint density at radius 2 is 0.935 bits per heavy atom. The highest BCUT2D eigenvalue weighted by atomic mass is 35.5. The van der Waals surface area contributed by atoms with E-state index in [4.69, 9.17) is 13.3 Å². The van der Waals surface area contributed by atoms with Crippen LogP contribution < -0.4 is 12.4 Å². The minimum atomic E-state index is -2.42. The molecular formula is C25H56ClNO3Si. The smallest absolute Gasteiger partial charge is 0.500 e. The molecule has 0 radical (unpaired) electrons. The minimum absolute atomic E-state index is 0. The summed E-state index contributed by atoms with van der Waals surface area (Å²) >= 11 is 0. The van der Waals surface area contributed by atoms with Crippen molar-refractivity contribution in [3.8, 4) is 0 Å². The molecule has 0 heterocycles. The van der Waals surface area contributed by atoms with Crippen LogP contribution in [-0.2, 0) is 13.3 Å². The molecule has 0 aromatic carbocycles. The van der Waals surface area contributed by atoms with Crippen molar-refractivity contribution in [3.63, 3.8) is 0 Å². The molecule has 1 unspecified atom stereocenters. The number of unbranched alkanes of at least 4 members (excludes halogenated alkanes) is 12. The molecule has 0 amide bonds. The second-order valence-corrected chi connectivity index (χ2v) is 13.1. The zero-order valence-electron chi connectivity index (χ0n) is 22.1. The van der Waals surface area contributed by atoms with Gasteiger partial charge in [0, 0.05) is 27.4 Å². The normalized spacial score (nSPS) is 13.3. The summed E-state index contributed by atoms with van der Waals surface area (Å²) in [6.07, 6.45) is 22.1. The highest BCUT2D eigenvalue weighted by molar-refractivity contribution is 6.60. The summed E-state index contributed by atoms with van der Waals surface area (Å²) in [5, 5.41) is 0. The summed E-state index contributed by atoms with van der Waals surface area (Å²) in [6, 6.07) is 1.61. The lowest BCUT2D eigenvalue weighted by atomic mass is 10.00. The van der Waals surface area contributed by atoms with Crippen LogP contribution in [-0.4, -0.2) is 61.8 Å². The van der Waals surface area contributed by atoms with Gasteiger partial charge in [0.1, 0.15) is 0 Å². The zero-order chi connectivity index (χ0) is 22.7. The van der Waals surface area contributed by atoms with Crippen LogP contribution >= 0.6 is 0 Å². The fourth-order valence-electron chi connectivity index (χ4n) is 4.43. The van der Waals surface area contributed by atoms with Gasteiger partial charge in [0.25, 0.3) is 0 Å². The van der Waals surface area contributed by atoms with Crippen LogP contribution in [0.4, 0.5) is 0 Å². The molecule has 1 atom stereocenters. The van der Waals surface area contributed by atoms with Gasteiger partial charge in [-0.05, 0) is 25.7 Å². The predicted molar refractivity (Wildman–Crippen MR) is 133 cm³/mol. The molecule has 0 aliphatic heterocycles. The quantitative estimate of drug-likeness (QED) is 0.132. The van der Waals surface area contributed by atoms with Crippen molar-refractivity contribution in [2.45, 2.75) is 122 Å². The van der Waals surface area contributed by atoms with Crippen LogP contribution in [0.1, 0.15) is 110 Å². The fraction of sp³-hybridized carbons (Fsp3) is 1.00. The Labute approximate surface area is 203 Å². The molecule has 190 valence electrons. The number of quaternary nitrogens is 1. The fourth-order valence-corrected chi connectivity index (χ4v) is 6.18. The molecule has 0 spiro atoms. The summed E-state index contributed by atoms with van der Waals surface area (Å²) in [5.74, 6) is 0. The third-order valence-electron chi connectivity index (χ3n) is 6.69. The van der Waals surface area contributed by atoms with Gasteiger partial charge in [-0.2, -0.15) is 0 Å². The van der Waals surface area contributed by atoms with Crippen molar-refractivity contribution in [2.24, 2.45) is 0 Å². The van der Waals surface area contributed by atoms with Gasteiger partial charge < -0.3 is 30.2 Å². The van der Waals surface area contributed by atoms with Crippen LogP contribution in [0.2, 0.25) is 6.04 Å². The molecular weight excluding hydrogens is 426 g/mol. The maximum atomic E-state index is 5.58. The predicted octanol–water partition coefficient (Wildman–Crippen LogP) is 4.20. The molecule has 0 aromatic rings. The average molecular weight is 482 g/mol. The summed E-state index contributed by atoms with van der Waals surface area (Å²) < 4.78 is 17.8. The van der Waals surface area contributed by atoms with E-state index in [1.54, 1.807) is 21.3 Å². The molecule has 31 heavy (non-hydrogen) atoms. The highest BCUT2D eigenvalue weighted by Crippen LogP contribution is 2.23. The number of hydrogen-bond donors (Lipinski definition) is 0. The molecule has 0 rings (SSSR count). The third kappa shape index (κ3) is 17.5. The first-order chi connectivity index (χ1) is 14.3. The van der Waals surface area contributed by atoms with Crippen molar-refractivity contribution in [3.05, 3.63) is 0 Å². The lowest BCUT2D eigenvalue weighted by molar-refractivity contribution is -0.896. The Morgan fingerprint density at radius 1 is 0.581 bits per heavy atom. The molecule has 0 aliphatic carbocycles. The van der Waals surface area contributed by atoms with Crippen LogP contribution in [0.3, 0.4) is 0 Å². The maximum Gasteiger partial charge on any atom is 0.500 e. The molecule has 6 heteroatoms. The molecule has 0 N–H and O–H groups in total. The average Bonchev–Trinajstić information content (AvgIpc) is 2.72. The van der Waals surface area contributed by atoms with Crippen LogP contribution in [0.15, 0.2) is 0 Å². The van der Waals surface area contributed by atoms with Gasteiger partial charge in [-0.1, -0.05) is 84.0 Å². The molecule has 0 aliphatic rings. The summed E-state index contributed by atoms with van der Waals surface area (Å²) in [4.78, 5) is 0. The molecule has 0 saturated carbocycles. The van der Waals surface area contributed by atoms with Crippen molar-refractivity contribution in [2.75, 3.05) is 42.5 Å². The Kier molecular flexibility index (Phi) is 22.6. The summed E-state index contributed by atoms with van der Waals surface area (Å²) in [7, 11) is 9.72. The molecule has 0 fully saturated rings. The van der Waals surface area contributed by atoms with Gasteiger partial charge in [0.05, 0.1) is 27.2 Å². The van der Waals surface area contributed by atoms with Gasteiger partial charge in [-0.25, -0.2) is 0 Å².